The smallest absolute Gasteiger partial charge is 0.407 e. The molecular weight excluding hydrogens is 427 g/mol. The Hall–Kier alpha value is -4.20. The normalized spacial score (nSPS) is 12.9. The van der Waals surface area contributed by atoms with Gasteiger partial charge in [-0.15, -0.1) is 0 Å². The van der Waals surface area contributed by atoms with Crippen molar-refractivity contribution in [1.29, 1.82) is 0 Å². The van der Waals surface area contributed by atoms with E-state index in [4.69, 9.17) is 4.74 Å². The minimum absolute atomic E-state index is 0.0740. The van der Waals surface area contributed by atoms with Crippen LogP contribution in [0.15, 0.2) is 66.7 Å². The number of alkyl carbamates (subject to hydrolysis) is 1. The van der Waals surface area contributed by atoms with Crippen LogP contribution in [0.1, 0.15) is 34.3 Å². The molecule has 0 heterocycles. The molecule has 0 radical (unpaired) electrons. The molecule has 7 nitrogen and oxygen atoms in total. The van der Waals surface area contributed by atoms with Crippen molar-refractivity contribution in [2.75, 3.05) is 11.9 Å². The first-order valence-corrected chi connectivity index (χ1v) is 10.3. The summed E-state index contributed by atoms with van der Waals surface area (Å²) in [6, 6.07) is 17.8. The molecule has 3 aromatic carbocycles. The largest absolute Gasteiger partial charge is 0.478 e. The fourth-order valence-electron chi connectivity index (χ4n) is 3.93. The number of ether oxygens (including phenoxy) is 1. The zero-order valence-corrected chi connectivity index (χ0v) is 17.7. The van der Waals surface area contributed by atoms with E-state index >= 15 is 0 Å². The molecule has 0 unspecified atom stereocenters. The molecule has 3 N–H and O–H groups in total. The molecule has 0 spiro atoms. The van der Waals surface area contributed by atoms with Gasteiger partial charge in [0.05, 0.1) is 11.3 Å². The summed E-state index contributed by atoms with van der Waals surface area (Å²) >= 11 is 0. The Morgan fingerprint density at radius 1 is 1.00 bits per heavy atom. The average molecular weight is 448 g/mol. The van der Waals surface area contributed by atoms with Gasteiger partial charge in [0.1, 0.15) is 18.5 Å². The molecule has 8 heteroatoms. The lowest BCUT2D eigenvalue weighted by Crippen LogP contribution is -2.42. The third-order valence-electron chi connectivity index (χ3n) is 5.54. The number of benzene rings is 3. The van der Waals surface area contributed by atoms with E-state index < -0.39 is 35.4 Å². The molecule has 0 saturated carbocycles. The maximum atomic E-state index is 13.3. The van der Waals surface area contributed by atoms with Crippen molar-refractivity contribution in [3.63, 3.8) is 0 Å². The van der Waals surface area contributed by atoms with E-state index in [2.05, 4.69) is 10.6 Å². The second-order valence-corrected chi connectivity index (χ2v) is 7.68. The highest BCUT2D eigenvalue weighted by atomic mass is 19.1. The molecule has 33 heavy (non-hydrogen) atoms. The Kier molecular flexibility index (Phi) is 6.08. The van der Waals surface area contributed by atoms with Crippen molar-refractivity contribution >= 4 is 23.7 Å². The van der Waals surface area contributed by atoms with Crippen LogP contribution in [0.5, 0.6) is 0 Å². The first-order valence-electron chi connectivity index (χ1n) is 10.3. The summed E-state index contributed by atoms with van der Waals surface area (Å²) < 4.78 is 18.7. The van der Waals surface area contributed by atoms with Crippen LogP contribution < -0.4 is 10.6 Å². The lowest BCUT2D eigenvalue weighted by molar-refractivity contribution is -0.117. The summed E-state index contributed by atoms with van der Waals surface area (Å²) in [4.78, 5) is 36.1. The maximum absolute atomic E-state index is 13.3. The fourth-order valence-corrected chi connectivity index (χ4v) is 3.93. The molecule has 0 bridgehead atoms. The summed E-state index contributed by atoms with van der Waals surface area (Å²) in [6.07, 6.45) is -0.780. The van der Waals surface area contributed by atoms with E-state index in [1.165, 1.54) is 6.92 Å². The van der Waals surface area contributed by atoms with Crippen LogP contribution in [0.2, 0.25) is 0 Å². The van der Waals surface area contributed by atoms with Crippen LogP contribution >= 0.6 is 0 Å². The van der Waals surface area contributed by atoms with Crippen molar-refractivity contribution < 1.29 is 28.6 Å². The predicted molar refractivity (Wildman–Crippen MR) is 120 cm³/mol. The van der Waals surface area contributed by atoms with Crippen LogP contribution in [-0.2, 0) is 9.53 Å². The monoisotopic (exact) mass is 448 g/mol. The van der Waals surface area contributed by atoms with Crippen molar-refractivity contribution in [2.24, 2.45) is 0 Å². The van der Waals surface area contributed by atoms with Gasteiger partial charge in [0.15, 0.2) is 0 Å². The topological polar surface area (TPSA) is 105 Å². The number of carbonyl (C=O) groups excluding carboxylic acids is 2. The van der Waals surface area contributed by atoms with Gasteiger partial charge in [0.2, 0.25) is 5.91 Å². The third-order valence-corrected chi connectivity index (χ3v) is 5.54. The Bertz CT molecular complexity index is 1200. The second kappa shape index (κ2) is 9.12. The number of nitrogens with one attached hydrogen (secondary N) is 2. The van der Waals surface area contributed by atoms with Gasteiger partial charge in [-0.2, -0.15) is 0 Å². The average Bonchev–Trinajstić information content (AvgIpc) is 3.12. The van der Waals surface area contributed by atoms with Gasteiger partial charge < -0.3 is 20.5 Å². The number of halogens is 1. The highest BCUT2D eigenvalue weighted by Crippen LogP contribution is 2.44. The van der Waals surface area contributed by atoms with Crippen molar-refractivity contribution in [2.45, 2.75) is 18.9 Å². The first-order chi connectivity index (χ1) is 15.8. The molecule has 1 atom stereocenters. The van der Waals surface area contributed by atoms with Crippen LogP contribution in [0.4, 0.5) is 14.9 Å². The number of carbonyl (C=O) groups is 3. The number of rotatable bonds is 6. The lowest BCUT2D eigenvalue weighted by atomic mass is 9.98. The van der Waals surface area contributed by atoms with Crippen LogP contribution in [0, 0.1) is 5.82 Å². The van der Waals surface area contributed by atoms with Gasteiger partial charge in [-0.25, -0.2) is 14.0 Å². The van der Waals surface area contributed by atoms with Gasteiger partial charge in [0, 0.05) is 5.92 Å². The summed E-state index contributed by atoms with van der Waals surface area (Å²) in [7, 11) is 0. The summed E-state index contributed by atoms with van der Waals surface area (Å²) in [6.45, 7) is 1.52. The van der Waals surface area contributed by atoms with Crippen molar-refractivity contribution in [3.05, 3.63) is 89.2 Å². The molecule has 1 aliphatic carbocycles. The molecule has 168 valence electrons. The van der Waals surface area contributed by atoms with E-state index in [-0.39, 0.29) is 18.2 Å². The van der Waals surface area contributed by atoms with Crippen LogP contribution in [0.3, 0.4) is 0 Å². The molecule has 2 amide bonds. The van der Waals surface area contributed by atoms with E-state index in [9.17, 15) is 23.9 Å². The number of hydrogen-bond acceptors (Lipinski definition) is 4. The number of hydrogen-bond donors (Lipinski definition) is 3. The molecule has 3 aromatic rings. The number of aromatic carboxylic acids is 1. The highest BCUT2D eigenvalue weighted by molar-refractivity contribution is 6.02. The van der Waals surface area contributed by atoms with E-state index in [1.54, 1.807) is 0 Å². The van der Waals surface area contributed by atoms with Crippen molar-refractivity contribution in [1.82, 2.24) is 5.32 Å². The van der Waals surface area contributed by atoms with Gasteiger partial charge in [-0.05, 0) is 47.4 Å². The SMILES string of the molecule is C[C@@H](NC(=O)OCC1c2ccccc2-c2ccccc21)C(=O)Nc1ccc(F)cc1C(=O)O. The zero-order chi connectivity index (χ0) is 23.5. The second-order valence-electron chi connectivity index (χ2n) is 7.68. The summed E-state index contributed by atoms with van der Waals surface area (Å²) in [5, 5.41) is 14.0. The van der Waals surface area contributed by atoms with E-state index in [1.807, 2.05) is 48.5 Å². The number of fused-ring (bicyclic) bond motifs is 3. The molecule has 0 saturated heterocycles. The third kappa shape index (κ3) is 4.55. The minimum atomic E-state index is -1.39. The Labute approximate surface area is 189 Å². The fraction of sp³-hybridized carbons (Fsp3) is 0.160. The molecule has 4 rings (SSSR count). The van der Waals surface area contributed by atoms with Gasteiger partial charge in [0.25, 0.3) is 0 Å². The number of anilines is 1. The van der Waals surface area contributed by atoms with Gasteiger partial charge in [-0.1, -0.05) is 48.5 Å². The van der Waals surface area contributed by atoms with Crippen LogP contribution in [0.25, 0.3) is 11.1 Å². The number of amides is 2. The molecular formula is C25H21FN2O5. The molecule has 0 aromatic heterocycles. The predicted octanol–water partition coefficient (Wildman–Crippen LogP) is 4.39. The summed E-state index contributed by atoms with van der Waals surface area (Å²) in [5.74, 6) is -2.92. The van der Waals surface area contributed by atoms with Crippen molar-refractivity contribution in [3.8, 4) is 11.1 Å². The number of carboxylic acids is 1. The first kappa shape index (κ1) is 22.0. The maximum Gasteiger partial charge on any atom is 0.407 e. The highest BCUT2D eigenvalue weighted by Gasteiger charge is 2.29. The molecule has 0 fully saturated rings. The van der Waals surface area contributed by atoms with Crippen LogP contribution in [-0.4, -0.2) is 35.7 Å². The molecule has 1 aliphatic rings. The quantitative estimate of drug-likeness (QED) is 0.519. The van der Waals surface area contributed by atoms with E-state index in [0.29, 0.717) is 0 Å². The summed E-state index contributed by atoms with van der Waals surface area (Å²) in [5.41, 5.74) is 3.86. The van der Waals surface area contributed by atoms with E-state index in [0.717, 1.165) is 40.5 Å². The zero-order valence-electron chi connectivity index (χ0n) is 17.7. The standard InChI is InChI=1S/C25H21FN2O5/c1-14(23(29)28-22-11-10-15(26)12-20(22)24(30)31)27-25(32)33-13-21-18-8-4-2-6-16(18)17-7-3-5-9-19(17)21/h2-12,14,21H,13H2,1H3,(H,27,32)(H,28,29)(H,30,31)/t14-/m1/s1. The Morgan fingerprint density at radius 2 is 1.61 bits per heavy atom. The van der Waals surface area contributed by atoms with Gasteiger partial charge in [-0.3, -0.25) is 4.79 Å². The Balaban J connectivity index is 1.38. The molecule has 0 aliphatic heterocycles. The minimum Gasteiger partial charge on any atom is -0.478 e. The Morgan fingerprint density at radius 3 is 2.21 bits per heavy atom. The number of carboxylic acid groups (broad SMARTS) is 1. The lowest BCUT2D eigenvalue weighted by Gasteiger charge is -2.17. The van der Waals surface area contributed by atoms with Gasteiger partial charge >= 0.3 is 12.1 Å².